The molecule has 126 valence electrons. The van der Waals surface area contributed by atoms with Crippen molar-refractivity contribution >= 4 is 23.2 Å². The third kappa shape index (κ3) is 3.30. The molecule has 0 saturated carbocycles. The average Bonchev–Trinajstić information content (AvgIpc) is 3.23. The van der Waals surface area contributed by atoms with Crippen LogP contribution in [0.4, 0.5) is 0 Å². The first-order chi connectivity index (χ1) is 11.1. The highest BCUT2D eigenvalue weighted by atomic mass is 32.1. The molecule has 1 aliphatic carbocycles. The average molecular weight is 334 g/mol. The molecule has 2 aliphatic rings. The molecule has 0 radical (unpaired) electrons. The summed E-state index contributed by atoms with van der Waals surface area (Å²) >= 11 is 1.63. The SMILES string of the molecule is CCN(CC)C(=O)c1cc2c(s1)CC[C@@H](C(=O)N1CCCC1)C2. The summed E-state index contributed by atoms with van der Waals surface area (Å²) in [5.41, 5.74) is 1.23. The molecule has 1 saturated heterocycles. The number of likely N-dealkylation sites (tertiary alicyclic amines) is 1. The van der Waals surface area contributed by atoms with E-state index in [9.17, 15) is 9.59 Å². The summed E-state index contributed by atoms with van der Waals surface area (Å²) in [6.45, 7) is 7.37. The van der Waals surface area contributed by atoms with Gasteiger partial charge < -0.3 is 9.80 Å². The Morgan fingerprint density at radius 1 is 1.26 bits per heavy atom. The fourth-order valence-electron chi connectivity index (χ4n) is 3.70. The smallest absolute Gasteiger partial charge is 0.263 e. The first-order valence-electron chi connectivity index (χ1n) is 8.83. The van der Waals surface area contributed by atoms with Gasteiger partial charge in [-0.05, 0) is 57.6 Å². The molecule has 1 fully saturated rings. The van der Waals surface area contributed by atoms with Crippen LogP contribution in [0.3, 0.4) is 0 Å². The Balaban J connectivity index is 1.71. The maximum atomic E-state index is 12.6. The standard InChI is InChI=1S/C18H26N2O2S/c1-3-19(4-2)18(22)16-12-14-11-13(7-8-15(14)23-16)17(21)20-9-5-6-10-20/h12-13H,3-11H2,1-2H3/t13-/m1/s1. The van der Waals surface area contributed by atoms with Crippen molar-refractivity contribution in [3.63, 3.8) is 0 Å². The van der Waals surface area contributed by atoms with Crippen LogP contribution in [-0.2, 0) is 17.6 Å². The van der Waals surface area contributed by atoms with Gasteiger partial charge in [0.25, 0.3) is 5.91 Å². The lowest BCUT2D eigenvalue weighted by atomic mass is 9.87. The highest BCUT2D eigenvalue weighted by Gasteiger charge is 2.31. The van der Waals surface area contributed by atoms with Gasteiger partial charge in [0.15, 0.2) is 0 Å². The van der Waals surface area contributed by atoms with Crippen LogP contribution in [0.1, 0.15) is 53.2 Å². The number of hydrogen-bond acceptors (Lipinski definition) is 3. The van der Waals surface area contributed by atoms with Crippen LogP contribution >= 0.6 is 11.3 Å². The molecule has 0 N–H and O–H groups in total. The van der Waals surface area contributed by atoms with Gasteiger partial charge >= 0.3 is 0 Å². The fraction of sp³-hybridized carbons (Fsp3) is 0.667. The second kappa shape index (κ2) is 7.04. The van der Waals surface area contributed by atoms with Crippen LogP contribution in [0.25, 0.3) is 0 Å². The molecular formula is C18H26N2O2S. The molecule has 23 heavy (non-hydrogen) atoms. The number of nitrogens with zero attached hydrogens (tertiary/aromatic N) is 2. The quantitative estimate of drug-likeness (QED) is 0.849. The number of aryl methyl sites for hydroxylation is 1. The first kappa shape index (κ1) is 16.5. The summed E-state index contributed by atoms with van der Waals surface area (Å²) < 4.78 is 0. The summed E-state index contributed by atoms with van der Waals surface area (Å²) in [5, 5.41) is 0. The zero-order chi connectivity index (χ0) is 16.4. The Hall–Kier alpha value is -1.36. The summed E-state index contributed by atoms with van der Waals surface area (Å²) in [7, 11) is 0. The number of hydrogen-bond donors (Lipinski definition) is 0. The third-order valence-electron chi connectivity index (χ3n) is 5.11. The second-order valence-corrected chi connectivity index (χ2v) is 7.65. The summed E-state index contributed by atoms with van der Waals surface area (Å²) in [5.74, 6) is 0.583. The van der Waals surface area contributed by atoms with Crippen LogP contribution in [-0.4, -0.2) is 47.8 Å². The predicted octanol–water partition coefficient (Wildman–Crippen LogP) is 2.96. The van der Waals surface area contributed by atoms with E-state index in [-0.39, 0.29) is 11.8 Å². The second-order valence-electron chi connectivity index (χ2n) is 6.51. The Morgan fingerprint density at radius 3 is 2.61 bits per heavy atom. The number of fused-ring (bicyclic) bond motifs is 1. The molecule has 1 aromatic heterocycles. The largest absolute Gasteiger partial charge is 0.342 e. The lowest BCUT2D eigenvalue weighted by Crippen LogP contribution is -2.36. The van der Waals surface area contributed by atoms with Crippen LogP contribution in [0, 0.1) is 5.92 Å². The molecule has 1 aliphatic heterocycles. The van der Waals surface area contributed by atoms with Crippen molar-refractivity contribution in [3.05, 3.63) is 21.4 Å². The lowest BCUT2D eigenvalue weighted by molar-refractivity contribution is -0.134. The maximum Gasteiger partial charge on any atom is 0.263 e. The molecule has 5 heteroatoms. The summed E-state index contributed by atoms with van der Waals surface area (Å²) in [6.07, 6.45) is 4.97. The van der Waals surface area contributed by atoms with Crippen molar-refractivity contribution < 1.29 is 9.59 Å². The molecule has 4 nitrogen and oxygen atoms in total. The molecule has 2 heterocycles. The Labute approximate surface area is 142 Å². The van der Waals surface area contributed by atoms with Crippen molar-refractivity contribution in [2.75, 3.05) is 26.2 Å². The van der Waals surface area contributed by atoms with Crippen molar-refractivity contribution in [1.29, 1.82) is 0 Å². The lowest BCUT2D eigenvalue weighted by Gasteiger charge is -2.26. The molecule has 0 bridgehead atoms. The van der Waals surface area contributed by atoms with Gasteiger partial charge in [0.05, 0.1) is 4.88 Å². The minimum Gasteiger partial charge on any atom is -0.342 e. The number of amides is 2. The van der Waals surface area contributed by atoms with E-state index in [4.69, 9.17) is 0 Å². The number of rotatable bonds is 4. The minimum atomic E-state index is 0.117. The monoisotopic (exact) mass is 334 g/mol. The van der Waals surface area contributed by atoms with Gasteiger partial charge in [-0.1, -0.05) is 0 Å². The van der Waals surface area contributed by atoms with E-state index < -0.39 is 0 Å². The summed E-state index contributed by atoms with van der Waals surface area (Å²) in [4.78, 5) is 31.2. The van der Waals surface area contributed by atoms with Crippen LogP contribution < -0.4 is 0 Å². The van der Waals surface area contributed by atoms with E-state index in [2.05, 4.69) is 0 Å². The molecule has 0 spiro atoms. The Bertz CT molecular complexity index is 586. The van der Waals surface area contributed by atoms with Crippen molar-refractivity contribution in [2.45, 2.75) is 46.0 Å². The maximum absolute atomic E-state index is 12.6. The van der Waals surface area contributed by atoms with Crippen LogP contribution in [0.5, 0.6) is 0 Å². The van der Waals surface area contributed by atoms with Gasteiger partial charge in [0, 0.05) is 37.0 Å². The number of carbonyl (C=O) groups is 2. The molecule has 1 aromatic rings. The number of carbonyl (C=O) groups excluding carboxylic acids is 2. The molecular weight excluding hydrogens is 308 g/mol. The van der Waals surface area contributed by atoms with Gasteiger partial charge in [0.1, 0.15) is 0 Å². The van der Waals surface area contributed by atoms with E-state index in [1.165, 1.54) is 10.4 Å². The Morgan fingerprint density at radius 2 is 1.96 bits per heavy atom. The van der Waals surface area contributed by atoms with Crippen molar-refractivity contribution in [1.82, 2.24) is 9.80 Å². The van der Waals surface area contributed by atoms with Gasteiger partial charge in [-0.2, -0.15) is 0 Å². The van der Waals surface area contributed by atoms with Gasteiger partial charge in [-0.15, -0.1) is 11.3 Å². The van der Waals surface area contributed by atoms with Crippen molar-refractivity contribution in [2.24, 2.45) is 5.92 Å². The number of thiophene rings is 1. The van der Waals surface area contributed by atoms with Gasteiger partial charge in [0.2, 0.25) is 5.91 Å². The molecule has 0 unspecified atom stereocenters. The van der Waals surface area contributed by atoms with Crippen LogP contribution in [0.15, 0.2) is 6.07 Å². The first-order valence-corrected chi connectivity index (χ1v) is 9.65. The highest BCUT2D eigenvalue weighted by molar-refractivity contribution is 7.14. The van der Waals surface area contributed by atoms with E-state index in [1.807, 2.05) is 29.7 Å². The van der Waals surface area contributed by atoms with Crippen LogP contribution in [0.2, 0.25) is 0 Å². The molecule has 0 aromatic carbocycles. The molecule has 1 atom stereocenters. The van der Waals surface area contributed by atoms with E-state index >= 15 is 0 Å². The normalized spacial score (nSPS) is 20.4. The van der Waals surface area contributed by atoms with E-state index in [0.29, 0.717) is 5.91 Å². The zero-order valence-electron chi connectivity index (χ0n) is 14.1. The summed E-state index contributed by atoms with van der Waals surface area (Å²) in [6, 6.07) is 2.05. The fourth-order valence-corrected chi connectivity index (χ4v) is 4.88. The van der Waals surface area contributed by atoms with Gasteiger partial charge in [-0.25, -0.2) is 0 Å². The molecule has 3 rings (SSSR count). The predicted molar refractivity (Wildman–Crippen MR) is 92.9 cm³/mol. The third-order valence-corrected chi connectivity index (χ3v) is 6.34. The minimum absolute atomic E-state index is 0.117. The van der Waals surface area contributed by atoms with Crippen molar-refractivity contribution in [3.8, 4) is 0 Å². The topological polar surface area (TPSA) is 40.6 Å². The van der Waals surface area contributed by atoms with Gasteiger partial charge in [-0.3, -0.25) is 9.59 Å². The van der Waals surface area contributed by atoms with E-state index in [1.54, 1.807) is 11.3 Å². The molecule has 2 amide bonds. The highest BCUT2D eigenvalue weighted by Crippen LogP contribution is 2.34. The zero-order valence-corrected chi connectivity index (χ0v) is 15.0. The Kier molecular flexibility index (Phi) is 5.05. The van der Waals surface area contributed by atoms with E-state index in [0.717, 1.165) is 63.2 Å².